The third-order valence-corrected chi connectivity index (χ3v) is 9.16. The van der Waals surface area contributed by atoms with Crippen molar-refractivity contribution in [1.29, 1.82) is 0 Å². The van der Waals surface area contributed by atoms with Gasteiger partial charge in [0, 0.05) is 16.5 Å². The van der Waals surface area contributed by atoms with Gasteiger partial charge in [-0.25, -0.2) is 0 Å². The van der Waals surface area contributed by atoms with Crippen LogP contribution < -0.4 is 0 Å². The number of hydrogen-bond donors (Lipinski definition) is 0. The molecule has 0 spiro atoms. The molecule has 0 aliphatic rings. The normalized spacial score (nSPS) is 11.6. The average molecular weight is 572 g/mol. The highest BCUT2D eigenvalue weighted by Gasteiger charge is 2.18. The molecule has 0 aliphatic carbocycles. The van der Waals surface area contributed by atoms with Crippen molar-refractivity contribution < 1.29 is 0 Å². The van der Waals surface area contributed by atoms with Gasteiger partial charge in [0.15, 0.2) is 0 Å². The van der Waals surface area contributed by atoms with Crippen molar-refractivity contribution in [3.05, 3.63) is 176 Å². The van der Waals surface area contributed by atoms with Gasteiger partial charge in [-0.1, -0.05) is 146 Å². The molecule has 1 heteroatoms. The van der Waals surface area contributed by atoms with Gasteiger partial charge >= 0.3 is 0 Å². The van der Waals surface area contributed by atoms with Crippen LogP contribution in [0.3, 0.4) is 0 Å². The quantitative estimate of drug-likeness (QED) is 0.185. The molecular formula is C44H29N. The third kappa shape index (κ3) is 4.09. The van der Waals surface area contributed by atoms with E-state index in [-0.39, 0.29) is 0 Å². The van der Waals surface area contributed by atoms with Crippen LogP contribution in [0.5, 0.6) is 0 Å². The lowest BCUT2D eigenvalue weighted by Gasteiger charge is -2.19. The summed E-state index contributed by atoms with van der Waals surface area (Å²) in [6.07, 6.45) is 0. The summed E-state index contributed by atoms with van der Waals surface area (Å²) in [4.78, 5) is 0. The van der Waals surface area contributed by atoms with Crippen LogP contribution in [0.4, 0.5) is 0 Å². The SMILES string of the molecule is c1ccc(-c2cccc(-c3c4ccccc4c(-c4cccc(-n5c6ccccc6c6ccccc65)c4)c4ccccc34)c2)cc1. The molecule has 0 saturated carbocycles. The van der Waals surface area contributed by atoms with E-state index < -0.39 is 0 Å². The molecule has 0 aliphatic heterocycles. The van der Waals surface area contributed by atoms with Crippen molar-refractivity contribution in [2.24, 2.45) is 0 Å². The molecule has 0 unspecified atom stereocenters. The second-order valence-corrected chi connectivity index (χ2v) is 11.7. The summed E-state index contributed by atoms with van der Waals surface area (Å²) in [6, 6.07) is 63.9. The van der Waals surface area contributed by atoms with Gasteiger partial charge in [0.1, 0.15) is 0 Å². The Kier molecular flexibility index (Phi) is 5.89. The van der Waals surface area contributed by atoms with E-state index in [1.807, 2.05) is 0 Å². The van der Waals surface area contributed by atoms with Gasteiger partial charge in [-0.05, 0) is 85.3 Å². The Morgan fingerprint density at radius 2 is 0.667 bits per heavy atom. The molecule has 210 valence electrons. The Hall–Kier alpha value is -5.92. The van der Waals surface area contributed by atoms with Gasteiger partial charge in [-0.15, -0.1) is 0 Å². The Bertz CT molecular complexity index is 2420. The van der Waals surface area contributed by atoms with Gasteiger partial charge in [0.25, 0.3) is 0 Å². The van der Waals surface area contributed by atoms with Crippen molar-refractivity contribution in [3.8, 4) is 39.1 Å². The van der Waals surface area contributed by atoms with E-state index >= 15 is 0 Å². The molecule has 0 saturated heterocycles. The molecule has 9 aromatic rings. The van der Waals surface area contributed by atoms with Crippen LogP contribution in [0.2, 0.25) is 0 Å². The smallest absolute Gasteiger partial charge is 0.0541 e. The van der Waals surface area contributed by atoms with Gasteiger partial charge in [-0.3, -0.25) is 0 Å². The zero-order valence-corrected chi connectivity index (χ0v) is 24.7. The Morgan fingerprint density at radius 3 is 1.22 bits per heavy atom. The highest BCUT2D eigenvalue weighted by Crippen LogP contribution is 2.44. The van der Waals surface area contributed by atoms with Gasteiger partial charge in [0.05, 0.1) is 11.0 Å². The topological polar surface area (TPSA) is 4.93 Å². The van der Waals surface area contributed by atoms with Crippen molar-refractivity contribution in [3.63, 3.8) is 0 Å². The molecule has 0 amide bonds. The molecule has 0 radical (unpaired) electrons. The second kappa shape index (κ2) is 10.4. The highest BCUT2D eigenvalue weighted by molar-refractivity contribution is 6.21. The standard InChI is InChI=1S/C44H29N/c1-2-14-30(15-3-1)31-16-12-17-32(28-31)43-37-22-4-6-24-39(37)44(40-25-7-5-23-38(40)43)33-18-13-19-34(29-33)45-41-26-10-8-20-35(41)36-21-9-11-27-42(36)45/h1-29H. The average Bonchev–Trinajstić information content (AvgIpc) is 3.45. The lowest BCUT2D eigenvalue weighted by Crippen LogP contribution is -1.95. The Labute approximate surface area is 262 Å². The maximum Gasteiger partial charge on any atom is 0.0541 e. The van der Waals surface area contributed by atoms with Crippen LogP contribution >= 0.6 is 0 Å². The van der Waals surface area contributed by atoms with Crippen molar-refractivity contribution >= 4 is 43.4 Å². The first-order chi connectivity index (χ1) is 22.3. The minimum absolute atomic E-state index is 1.16. The first kappa shape index (κ1) is 25.6. The summed E-state index contributed by atoms with van der Waals surface area (Å²) in [5.74, 6) is 0. The molecule has 0 fully saturated rings. The van der Waals surface area contributed by atoms with Crippen molar-refractivity contribution in [1.82, 2.24) is 4.57 Å². The lowest BCUT2D eigenvalue weighted by molar-refractivity contribution is 1.18. The van der Waals surface area contributed by atoms with Gasteiger partial charge in [0.2, 0.25) is 0 Å². The monoisotopic (exact) mass is 571 g/mol. The predicted octanol–water partition coefficient (Wildman–Crippen LogP) is 12.1. The zero-order valence-electron chi connectivity index (χ0n) is 24.7. The molecule has 8 aromatic carbocycles. The number of hydrogen-bond acceptors (Lipinski definition) is 0. The van der Waals surface area contributed by atoms with E-state index in [4.69, 9.17) is 0 Å². The summed E-state index contributed by atoms with van der Waals surface area (Å²) in [7, 11) is 0. The third-order valence-electron chi connectivity index (χ3n) is 9.16. The number of para-hydroxylation sites is 2. The first-order valence-electron chi connectivity index (χ1n) is 15.5. The summed E-state index contributed by atoms with van der Waals surface area (Å²) in [5.41, 5.74) is 11.1. The second-order valence-electron chi connectivity index (χ2n) is 11.7. The van der Waals surface area contributed by atoms with Gasteiger partial charge in [-0.2, -0.15) is 0 Å². The number of nitrogens with zero attached hydrogens (tertiary/aromatic N) is 1. The van der Waals surface area contributed by atoms with Crippen LogP contribution in [-0.2, 0) is 0 Å². The van der Waals surface area contributed by atoms with Gasteiger partial charge < -0.3 is 4.57 Å². The van der Waals surface area contributed by atoms with E-state index in [1.54, 1.807) is 0 Å². The number of benzene rings is 8. The summed E-state index contributed by atoms with van der Waals surface area (Å²) in [5, 5.41) is 7.59. The maximum atomic E-state index is 2.40. The summed E-state index contributed by atoms with van der Waals surface area (Å²) >= 11 is 0. The Morgan fingerprint density at radius 1 is 0.267 bits per heavy atom. The van der Waals surface area contributed by atoms with E-state index in [0.717, 1.165) is 5.69 Å². The summed E-state index contributed by atoms with van der Waals surface area (Å²) in [6.45, 7) is 0. The molecule has 45 heavy (non-hydrogen) atoms. The number of rotatable bonds is 4. The molecule has 1 nitrogen and oxygen atoms in total. The number of fused-ring (bicyclic) bond motifs is 5. The highest BCUT2D eigenvalue weighted by atomic mass is 15.0. The minimum Gasteiger partial charge on any atom is -0.309 e. The maximum absolute atomic E-state index is 2.40. The first-order valence-corrected chi connectivity index (χ1v) is 15.5. The van der Waals surface area contributed by atoms with Crippen LogP contribution in [0, 0.1) is 0 Å². The molecule has 0 bridgehead atoms. The molecule has 9 rings (SSSR count). The van der Waals surface area contributed by atoms with Crippen molar-refractivity contribution in [2.75, 3.05) is 0 Å². The molecule has 1 heterocycles. The van der Waals surface area contributed by atoms with Crippen molar-refractivity contribution in [2.45, 2.75) is 0 Å². The van der Waals surface area contributed by atoms with E-state index in [0.29, 0.717) is 0 Å². The van der Waals surface area contributed by atoms with Crippen LogP contribution in [0.15, 0.2) is 176 Å². The fraction of sp³-hybridized carbons (Fsp3) is 0. The zero-order chi connectivity index (χ0) is 29.7. The fourth-order valence-electron chi connectivity index (χ4n) is 7.24. The molecule has 0 N–H and O–H groups in total. The molecule has 0 atom stereocenters. The largest absolute Gasteiger partial charge is 0.309 e. The minimum atomic E-state index is 1.16. The van der Waals surface area contributed by atoms with E-state index in [9.17, 15) is 0 Å². The van der Waals surface area contributed by atoms with E-state index in [1.165, 1.54) is 76.7 Å². The predicted molar refractivity (Wildman–Crippen MR) is 192 cm³/mol. The number of aromatic nitrogens is 1. The fourth-order valence-corrected chi connectivity index (χ4v) is 7.24. The molecule has 1 aromatic heterocycles. The lowest BCUT2D eigenvalue weighted by atomic mass is 9.85. The van der Waals surface area contributed by atoms with E-state index in [2.05, 4.69) is 180 Å². The summed E-state index contributed by atoms with van der Waals surface area (Å²) < 4.78 is 2.40. The molecular weight excluding hydrogens is 542 g/mol. The van der Waals surface area contributed by atoms with Crippen LogP contribution in [0.1, 0.15) is 0 Å². The van der Waals surface area contributed by atoms with Crippen LogP contribution in [0.25, 0.3) is 82.4 Å². The van der Waals surface area contributed by atoms with Crippen LogP contribution in [-0.4, -0.2) is 4.57 Å². The Balaban J connectivity index is 1.31.